The molecule has 2 fully saturated rings. The van der Waals surface area contributed by atoms with Crippen molar-refractivity contribution in [1.82, 2.24) is 5.32 Å². The zero-order valence-corrected chi connectivity index (χ0v) is 24.0. The topological polar surface area (TPSA) is 55.4 Å². The number of esters is 1. The minimum Gasteiger partial charge on any atom is -0.469 e. The van der Waals surface area contributed by atoms with Crippen LogP contribution < -0.4 is 5.32 Å². The molecule has 1 aliphatic heterocycles. The maximum absolute atomic E-state index is 13.0. The quantitative estimate of drug-likeness (QED) is 0.285. The van der Waals surface area contributed by atoms with Gasteiger partial charge in [-0.25, -0.2) is 0 Å². The molecule has 202 valence electrons. The van der Waals surface area contributed by atoms with Gasteiger partial charge < -0.3 is 10.1 Å². The van der Waals surface area contributed by atoms with Crippen molar-refractivity contribution in [1.29, 1.82) is 0 Å². The number of carbonyl (C=O) groups is 2. The van der Waals surface area contributed by atoms with Gasteiger partial charge in [0.2, 0.25) is 5.91 Å². The van der Waals surface area contributed by atoms with Crippen LogP contribution in [-0.4, -0.2) is 19.0 Å². The zero-order chi connectivity index (χ0) is 25.9. The van der Waals surface area contributed by atoms with Gasteiger partial charge in [0.05, 0.1) is 18.6 Å². The fourth-order valence-corrected chi connectivity index (χ4v) is 8.29. The second-order valence-corrected chi connectivity index (χ2v) is 13.4. The van der Waals surface area contributed by atoms with Gasteiger partial charge >= 0.3 is 5.97 Å². The highest BCUT2D eigenvalue weighted by atomic mass is 32.2. The number of carbonyl (C=O) groups excluding carboxylic acids is 2. The van der Waals surface area contributed by atoms with Crippen molar-refractivity contribution >= 4 is 35.4 Å². The first-order valence-corrected chi connectivity index (χ1v) is 15.9. The van der Waals surface area contributed by atoms with E-state index in [2.05, 4.69) is 17.5 Å². The molecule has 1 N–H and O–H groups in total. The van der Waals surface area contributed by atoms with E-state index in [0.717, 1.165) is 46.1 Å². The molecule has 6 heteroatoms. The number of benzene rings is 1. The van der Waals surface area contributed by atoms with Crippen molar-refractivity contribution in [2.24, 2.45) is 17.8 Å². The highest BCUT2D eigenvalue weighted by molar-refractivity contribution is 8.24. The third kappa shape index (κ3) is 9.55. The third-order valence-electron chi connectivity index (χ3n) is 8.20. The molecule has 1 heterocycles. The Morgan fingerprint density at radius 2 is 1.70 bits per heavy atom. The Hall–Kier alpha value is -1.66. The van der Waals surface area contributed by atoms with Crippen LogP contribution in [0.4, 0.5) is 0 Å². The summed E-state index contributed by atoms with van der Waals surface area (Å²) < 4.78 is 5.92. The smallest absolute Gasteiger partial charge is 0.309 e. The van der Waals surface area contributed by atoms with E-state index >= 15 is 0 Å². The van der Waals surface area contributed by atoms with Crippen molar-refractivity contribution in [3.63, 3.8) is 0 Å². The van der Waals surface area contributed by atoms with Crippen LogP contribution >= 0.6 is 23.5 Å². The Labute approximate surface area is 231 Å². The van der Waals surface area contributed by atoms with Crippen LogP contribution in [0.25, 0.3) is 0 Å². The number of allylic oxidation sites excluding steroid dienone is 2. The van der Waals surface area contributed by atoms with Crippen LogP contribution in [0.5, 0.6) is 0 Å². The van der Waals surface area contributed by atoms with Gasteiger partial charge in [-0.05, 0) is 60.8 Å². The Morgan fingerprint density at radius 3 is 2.41 bits per heavy atom. The summed E-state index contributed by atoms with van der Waals surface area (Å²) in [4.78, 5) is 25.6. The average Bonchev–Trinajstić information content (AvgIpc) is 2.93. The summed E-state index contributed by atoms with van der Waals surface area (Å²) in [5, 5.41) is 4.17. The molecule has 0 spiro atoms. The molecular weight excluding hydrogens is 498 g/mol. The number of nitrogens with one attached hydrogen (secondary N) is 1. The first-order chi connectivity index (χ1) is 18.1. The first-order valence-electron chi connectivity index (χ1n) is 14.3. The summed E-state index contributed by atoms with van der Waals surface area (Å²) in [6.45, 7) is 0. The molecule has 0 bridgehead atoms. The predicted molar refractivity (Wildman–Crippen MR) is 155 cm³/mol. The van der Waals surface area contributed by atoms with Crippen LogP contribution in [0.15, 0.2) is 50.6 Å². The lowest BCUT2D eigenvalue weighted by Crippen LogP contribution is -2.26. The predicted octanol–water partition coefficient (Wildman–Crippen LogP) is 8.38. The van der Waals surface area contributed by atoms with Crippen LogP contribution in [0.2, 0.25) is 0 Å². The van der Waals surface area contributed by atoms with Gasteiger partial charge in [-0.2, -0.15) is 0 Å². The van der Waals surface area contributed by atoms with Crippen LogP contribution in [-0.2, 0) is 20.7 Å². The van der Waals surface area contributed by atoms with Gasteiger partial charge in [0, 0.05) is 15.6 Å². The zero-order valence-electron chi connectivity index (χ0n) is 22.3. The summed E-state index contributed by atoms with van der Waals surface area (Å²) in [6, 6.07) is 8.03. The van der Waals surface area contributed by atoms with E-state index in [1.54, 1.807) is 23.5 Å². The molecule has 1 aromatic rings. The lowest BCUT2D eigenvalue weighted by atomic mass is 9.72. The van der Waals surface area contributed by atoms with Gasteiger partial charge in [-0.3, -0.25) is 9.59 Å². The fourth-order valence-electron chi connectivity index (χ4n) is 6.14. The van der Waals surface area contributed by atoms with Crippen molar-refractivity contribution in [2.45, 2.75) is 101 Å². The molecule has 0 saturated heterocycles. The van der Waals surface area contributed by atoms with E-state index < -0.39 is 0 Å². The van der Waals surface area contributed by atoms with E-state index in [9.17, 15) is 9.59 Å². The van der Waals surface area contributed by atoms with E-state index in [4.69, 9.17) is 4.74 Å². The van der Waals surface area contributed by atoms with Gasteiger partial charge in [-0.15, -0.1) is 0 Å². The normalized spacial score (nSPS) is 20.0. The Bertz CT molecular complexity index is 944. The minimum atomic E-state index is -0.226. The van der Waals surface area contributed by atoms with E-state index in [-0.39, 0.29) is 11.9 Å². The van der Waals surface area contributed by atoms with Crippen LogP contribution in [0, 0.1) is 17.8 Å². The lowest BCUT2D eigenvalue weighted by molar-refractivity contribution is -0.139. The second-order valence-electron chi connectivity index (χ2n) is 10.9. The molecule has 0 radical (unpaired) electrons. The number of amides is 1. The van der Waals surface area contributed by atoms with Gasteiger partial charge in [0.25, 0.3) is 0 Å². The number of ether oxygens (including phenoxy) is 1. The number of hydrogen-bond donors (Lipinski definition) is 1. The molecule has 0 aromatic heterocycles. The van der Waals surface area contributed by atoms with Crippen molar-refractivity contribution in [3.05, 3.63) is 51.2 Å². The summed E-state index contributed by atoms with van der Waals surface area (Å²) in [6.07, 6.45) is 22.4. The highest BCUT2D eigenvalue weighted by Crippen LogP contribution is 2.42. The molecule has 1 unspecified atom stereocenters. The molecule has 4 rings (SSSR count). The van der Waals surface area contributed by atoms with Crippen molar-refractivity contribution < 1.29 is 14.3 Å². The van der Waals surface area contributed by atoms with E-state index in [1.165, 1.54) is 82.0 Å². The molecule has 2 saturated carbocycles. The number of thioether (sulfide) groups is 2. The molecule has 3 aliphatic rings. The molecule has 2 aliphatic carbocycles. The third-order valence-corrected chi connectivity index (χ3v) is 10.4. The van der Waals surface area contributed by atoms with E-state index in [0.29, 0.717) is 12.8 Å². The summed E-state index contributed by atoms with van der Waals surface area (Å²) in [7, 11) is 1.41. The molecular formula is C31H43NO3S2. The molecule has 1 atom stereocenters. The lowest BCUT2D eigenvalue weighted by Gasteiger charge is -2.34. The largest absolute Gasteiger partial charge is 0.469 e. The second kappa shape index (κ2) is 15.1. The van der Waals surface area contributed by atoms with Crippen molar-refractivity contribution in [3.8, 4) is 0 Å². The molecule has 1 amide bonds. The molecule has 37 heavy (non-hydrogen) atoms. The SMILES string of the molecule is COC(=O)Cc1ccc(SC2=CCC=C(NC(=O)CCC(CC3CCCCC3)C3CCCCC3)S2)cc1. The Kier molecular flexibility index (Phi) is 11.5. The molecule has 4 nitrogen and oxygen atoms in total. The average molecular weight is 542 g/mol. The van der Waals surface area contributed by atoms with Crippen molar-refractivity contribution in [2.75, 3.05) is 7.11 Å². The number of methoxy groups -OCH3 is 1. The molecule has 1 aromatic carbocycles. The Balaban J connectivity index is 1.23. The number of rotatable bonds is 11. The summed E-state index contributed by atoms with van der Waals surface area (Å²) in [5.74, 6) is 2.38. The van der Waals surface area contributed by atoms with Crippen LogP contribution in [0.1, 0.15) is 95.5 Å². The monoisotopic (exact) mass is 541 g/mol. The Morgan fingerprint density at radius 1 is 1.00 bits per heavy atom. The van der Waals surface area contributed by atoms with Gasteiger partial charge in [0.1, 0.15) is 0 Å². The first kappa shape index (κ1) is 28.4. The highest BCUT2D eigenvalue weighted by Gasteiger charge is 2.27. The fraction of sp³-hybridized carbons (Fsp3) is 0.613. The minimum absolute atomic E-state index is 0.168. The van der Waals surface area contributed by atoms with E-state index in [1.807, 2.05) is 24.3 Å². The van der Waals surface area contributed by atoms with Crippen LogP contribution in [0.3, 0.4) is 0 Å². The summed E-state index contributed by atoms with van der Waals surface area (Å²) in [5.41, 5.74) is 0.948. The maximum Gasteiger partial charge on any atom is 0.309 e. The summed E-state index contributed by atoms with van der Waals surface area (Å²) >= 11 is 3.34. The van der Waals surface area contributed by atoms with Gasteiger partial charge in [0.15, 0.2) is 0 Å². The standard InChI is InChI=1S/C31H43NO3S2/c1-35-30(34)22-24-15-18-27(19-16-24)36-31-14-8-13-29(37-31)32-28(33)20-17-26(25-11-6-3-7-12-25)21-23-9-4-2-5-10-23/h13-16,18-19,23,25-26H,2-12,17,20-22H2,1H3,(H,32,33). The maximum atomic E-state index is 13.0. The number of hydrogen-bond acceptors (Lipinski definition) is 5. The van der Waals surface area contributed by atoms with Gasteiger partial charge in [-0.1, -0.05) is 106 Å².